The van der Waals surface area contributed by atoms with Gasteiger partial charge >= 0.3 is 36.9 Å². The summed E-state index contributed by atoms with van der Waals surface area (Å²) < 4.78 is 13.0. The van der Waals surface area contributed by atoms with Crippen molar-refractivity contribution in [2.45, 2.75) is 62.3 Å². The van der Waals surface area contributed by atoms with Gasteiger partial charge in [0.25, 0.3) is 23.8 Å². The maximum atomic E-state index is 12.0. The molecule has 0 fully saturated rings. The molecule has 1 aromatic heterocycles. The van der Waals surface area contributed by atoms with Gasteiger partial charge in [-0.2, -0.15) is 0 Å². The molecule has 0 aliphatic heterocycles. The van der Waals surface area contributed by atoms with Crippen LogP contribution < -0.4 is 34.9 Å². The van der Waals surface area contributed by atoms with E-state index in [2.05, 4.69) is 24.3 Å². The van der Waals surface area contributed by atoms with Gasteiger partial charge in [0.2, 0.25) is 0 Å². The molecule has 0 bridgehead atoms. The largest absolute Gasteiger partial charge is 1.00 e. The van der Waals surface area contributed by atoms with Gasteiger partial charge in [0, 0.05) is 37.3 Å². The Kier molecular flexibility index (Phi) is 27.2. The first-order chi connectivity index (χ1) is 18.7. The summed E-state index contributed by atoms with van der Waals surface area (Å²) in [6.07, 6.45) is 0. The average molecular weight is 583 g/mol. The van der Waals surface area contributed by atoms with Crippen molar-refractivity contribution < 1.29 is 64.1 Å². The van der Waals surface area contributed by atoms with Gasteiger partial charge in [-0.15, -0.1) is 11.3 Å². The molecule has 1 heterocycles. The molecule has 12 heteroatoms. The summed E-state index contributed by atoms with van der Waals surface area (Å²) in [5, 5.41) is 5.37. The number of carbonyl (C=O) groups excluding carboxylic acids is 4. The van der Waals surface area contributed by atoms with Crippen LogP contribution in [0, 0.1) is 0 Å². The third-order valence-electron chi connectivity index (χ3n) is 3.62. The zero-order chi connectivity index (χ0) is 30.2. The van der Waals surface area contributed by atoms with E-state index in [0.29, 0.717) is 10.7 Å². The molecule has 0 aliphatic carbocycles. The van der Waals surface area contributed by atoms with Crippen LogP contribution >= 0.6 is 11.3 Å². The fourth-order valence-electron chi connectivity index (χ4n) is 2.31. The van der Waals surface area contributed by atoms with E-state index < -0.39 is 25.2 Å². The van der Waals surface area contributed by atoms with Crippen LogP contribution in [0.1, 0.15) is 74.1 Å². The van der Waals surface area contributed by atoms with Crippen LogP contribution in [0.5, 0.6) is 0 Å². The fraction of sp³-hybridized carbons (Fsp3) is 0.321. The van der Waals surface area contributed by atoms with Crippen LogP contribution in [-0.4, -0.2) is 36.1 Å². The van der Waals surface area contributed by atoms with E-state index in [1.54, 1.807) is 12.1 Å². The topological polar surface area (TPSA) is 121 Å². The van der Waals surface area contributed by atoms with Crippen molar-refractivity contribution in [3.63, 3.8) is 0 Å². The van der Waals surface area contributed by atoms with Gasteiger partial charge in [0.05, 0.1) is 5.69 Å². The number of hydrogen-bond donors (Lipinski definition) is 1. The minimum Gasteiger partial charge on any atom is -1.00 e. The predicted octanol–water partition coefficient (Wildman–Crippen LogP) is 3.92. The molecule has 40 heavy (non-hydrogen) atoms. The zero-order valence-electron chi connectivity index (χ0n) is 26.1. The van der Waals surface area contributed by atoms with Crippen molar-refractivity contribution in [1.29, 1.82) is 0 Å². The van der Waals surface area contributed by atoms with Crippen LogP contribution in [0.4, 0.5) is 5.13 Å². The molecule has 2 aromatic carbocycles. The van der Waals surface area contributed by atoms with Crippen molar-refractivity contribution in [1.82, 2.24) is 4.98 Å². The Morgan fingerprint density at radius 3 is 1.52 bits per heavy atom. The maximum Gasteiger partial charge on any atom is 1.00 e. The average Bonchev–Trinajstić information content (AvgIpc) is 3.41. The Bertz CT molecular complexity index is 1070. The van der Waals surface area contributed by atoms with E-state index >= 15 is 0 Å². The molecule has 1 amide bonds. The molecule has 3 aromatic rings. The Labute approximate surface area is 266 Å². The minimum atomic E-state index is -1.59. The number of nitrogens with zero attached hydrogens (tertiary/aromatic N) is 1. The summed E-state index contributed by atoms with van der Waals surface area (Å²) in [6.45, 7) is 15.3. The van der Waals surface area contributed by atoms with Gasteiger partial charge < -0.3 is 15.4 Å². The molecule has 0 unspecified atom stereocenters. The summed E-state index contributed by atoms with van der Waals surface area (Å²) in [6, 6.07) is 19.0. The van der Waals surface area contributed by atoms with Gasteiger partial charge in [-0.05, 0) is 12.1 Å². The number of carbonyl (C=O) groups is 4. The van der Waals surface area contributed by atoms with E-state index in [0.717, 1.165) is 32.0 Å². The van der Waals surface area contributed by atoms with Crippen molar-refractivity contribution in [2.75, 3.05) is 5.32 Å². The van der Waals surface area contributed by atoms with Crippen LogP contribution in [0.3, 0.4) is 0 Å². The Morgan fingerprint density at radius 2 is 1.12 bits per heavy atom. The Balaban J connectivity index is -0.000000287. The molecule has 0 saturated heterocycles. The molecule has 0 saturated carbocycles. The first kappa shape index (κ1) is 41.5. The number of benzene rings is 2. The zero-order valence-corrected chi connectivity index (χ0v) is 28.0. The van der Waals surface area contributed by atoms with E-state index in [-0.39, 0.29) is 36.9 Å². The third kappa shape index (κ3) is 19.1. The molecular weight excluding hydrogens is 542 g/mol. The van der Waals surface area contributed by atoms with Gasteiger partial charge in [-0.3, -0.25) is 24.5 Å². The van der Waals surface area contributed by atoms with Crippen LogP contribution in [0.25, 0.3) is 11.3 Å². The number of hydrogen-bond acceptors (Lipinski definition) is 9. The summed E-state index contributed by atoms with van der Waals surface area (Å²) in [4.78, 5) is 47.7. The molecule has 0 spiro atoms. The number of amides is 1. The molecule has 3 rings (SSSR count). The fourth-order valence-corrected chi connectivity index (χ4v) is 3.02. The quantitative estimate of drug-likeness (QED) is 0.435. The first-order valence-electron chi connectivity index (χ1n) is 12.6. The number of nitrogens with one attached hydrogen (secondary N) is 1. The smallest absolute Gasteiger partial charge is 1.00 e. The predicted molar refractivity (Wildman–Crippen MR) is 158 cm³/mol. The van der Waals surface area contributed by atoms with Crippen molar-refractivity contribution in [3.05, 3.63) is 71.6 Å². The van der Waals surface area contributed by atoms with E-state index in [1.807, 2.05) is 95.5 Å². The second-order valence-corrected chi connectivity index (χ2v) is 7.20. The molecule has 0 aliphatic rings. The van der Waals surface area contributed by atoms with Gasteiger partial charge in [-0.1, -0.05) is 90.1 Å². The number of aromatic nitrogens is 1. The van der Waals surface area contributed by atoms with Crippen LogP contribution in [0.2, 0.25) is 0 Å². The van der Waals surface area contributed by atoms with E-state index in [9.17, 15) is 19.2 Å². The normalized spacial score (nSPS) is 8.32. The van der Waals surface area contributed by atoms with Crippen molar-refractivity contribution in [2.24, 2.45) is 0 Å². The van der Waals surface area contributed by atoms with Crippen molar-refractivity contribution >= 4 is 47.6 Å². The SMILES string of the molecule is CC.CC.CC.CC(=O)OB(OC(C)=O)OC(C)=O.O=C(Nc1nc(-c2ccccc2)cs1)c1ccccc1.[H-].[Na+]. The number of anilines is 1. The first-order valence-corrected chi connectivity index (χ1v) is 13.5. The summed E-state index contributed by atoms with van der Waals surface area (Å²) in [5.41, 5.74) is 2.55. The molecular formula is C28H40BN2NaO7S. The van der Waals surface area contributed by atoms with E-state index in [4.69, 9.17) is 0 Å². The molecule has 0 radical (unpaired) electrons. The third-order valence-corrected chi connectivity index (χ3v) is 4.37. The summed E-state index contributed by atoms with van der Waals surface area (Å²) in [5.74, 6) is -2.29. The Morgan fingerprint density at radius 1 is 0.725 bits per heavy atom. The number of rotatable bonds is 6. The van der Waals surface area contributed by atoms with Gasteiger partial charge in [0.1, 0.15) is 0 Å². The minimum absolute atomic E-state index is 0. The van der Waals surface area contributed by atoms with Gasteiger partial charge in [0.15, 0.2) is 5.13 Å². The van der Waals surface area contributed by atoms with Crippen molar-refractivity contribution in [3.8, 4) is 11.3 Å². The summed E-state index contributed by atoms with van der Waals surface area (Å²) >= 11 is 1.42. The number of thiazole rings is 1. The van der Waals surface area contributed by atoms with E-state index in [1.165, 1.54) is 11.3 Å². The Hall–Kier alpha value is -2.99. The second-order valence-electron chi connectivity index (χ2n) is 6.34. The molecule has 9 nitrogen and oxygen atoms in total. The summed E-state index contributed by atoms with van der Waals surface area (Å²) in [7, 11) is -1.59. The maximum absolute atomic E-state index is 12.0. The molecule has 0 atom stereocenters. The van der Waals surface area contributed by atoms with Crippen LogP contribution in [-0.2, 0) is 28.3 Å². The molecule has 214 valence electrons. The van der Waals surface area contributed by atoms with Gasteiger partial charge in [-0.25, -0.2) is 4.98 Å². The monoisotopic (exact) mass is 582 g/mol. The standard InChI is InChI=1S/C16H12N2OS.C6H9BO6.3C2H6.Na.H/c19-15(13-9-5-2-6-10-13)18-16-17-14(11-20-16)12-7-3-1-4-8-12;1-4(8)11-7(12-5(2)9)13-6(3)10;3*1-2;;/h1-11H,(H,17,18,19);1-3H3;3*1-2H3;;/q;;;;;+1;-1. The van der Waals surface area contributed by atoms with Crippen LogP contribution in [0.15, 0.2) is 66.0 Å². The molecule has 1 N–H and O–H groups in total. The second kappa shape index (κ2) is 26.2.